The lowest BCUT2D eigenvalue weighted by Gasteiger charge is -2.23. The molecule has 0 aliphatic rings. The van der Waals surface area contributed by atoms with Crippen molar-refractivity contribution in [1.82, 2.24) is 0 Å². The summed E-state index contributed by atoms with van der Waals surface area (Å²) in [5.41, 5.74) is 0.311. The molecule has 0 spiro atoms. The molecule has 0 amide bonds. The van der Waals surface area contributed by atoms with Crippen LogP contribution in [0.2, 0.25) is 0 Å². The van der Waals surface area contributed by atoms with E-state index >= 15 is 0 Å². The van der Waals surface area contributed by atoms with Gasteiger partial charge in [-0.05, 0) is 31.0 Å². The summed E-state index contributed by atoms with van der Waals surface area (Å²) in [5.74, 6) is -0.230. The molecule has 1 rings (SSSR count). The Bertz CT molecular complexity index is 290. The fourth-order valence-corrected chi connectivity index (χ4v) is 1.69. The highest BCUT2D eigenvalue weighted by Gasteiger charge is 2.19. The van der Waals surface area contributed by atoms with Gasteiger partial charge in [-0.25, -0.2) is 4.39 Å². The van der Waals surface area contributed by atoms with Gasteiger partial charge in [0, 0.05) is 6.42 Å². The summed E-state index contributed by atoms with van der Waals surface area (Å²) in [4.78, 5) is 0. The van der Waals surface area contributed by atoms with Crippen molar-refractivity contribution in [1.29, 1.82) is 0 Å². The van der Waals surface area contributed by atoms with Crippen molar-refractivity contribution >= 4 is 0 Å². The first-order valence-corrected chi connectivity index (χ1v) is 5.50. The fraction of sp³-hybridized carbons (Fsp3) is 0.538. The Morgan fingerprint density at radius 3 is 2.40 bits per heavy atom. The van der Waals surface area contributed by atoms with E-state index in [4.69, 9.17) is 0 Å². The van der Waals surface area contributed by atoms with Crippen LogP contribution in [-0.4, -0.2) is 10.7 Å². The van der Waals surface area contributed by atoms with Gasteiger partial charge in [-0.1, -0.05) is 31.9 Å². The third kappa shape index (κ3) is 4.43. The van der Waals surface area contributed by atoms with Crippen LogP contribution in [0.5, 0.6) is 0 Å². The summed E-state index contributed by atoms with van der Waals surface area (Å²) in [6.07, 6.45) is 3.49. The lowest BCUT2D eigenvalue weighted by molar-refractivity contribution is 0.0490. The van der Waals surface area contributed by atoms with Crippen molar-refractivity contribution in [2.45, 2.75) is 45.1 Å². The fourth-order valence-electron chi connectivity index (χ4n) is 1.69. The van der Waals surface area contributed by atoms with Gasteiger partial charge in [0.1, 0.15) is 5.82 Å². The first-order chi connectivity index (χ1) is 7.03. The normalized spacial score (nSPS) is 14.9. The van der Waals surface area contributed by atoms with Gasteiger partial charge in [-0.3, -0.25) is 0 Å². The number of unbranched alkanes of at least 4 members (excludes halogenated alkanes) is 1. The van der Waals surface area contributed by atoms with E-state index in [0.717, 1.165) is 24.8 Å². The Kier molecular flexibility index (Phi) is 4.28. The van der Waals surface area contributed by atoms with Crippen molar-refractivity contribution in [3.63, 3.8) is 0 Å². The molecule has 0 aromatic heterocycles. The summed E-state index contributed by atoms with van der Waals surface area (Å²) < 4.78 is 12.7. The predicted molar refractivity (Wildman–Crippen MR) is 60.3 cm³/mol. The molecule has 0 aliphatic heterocycles. The molecule has 1 unspecified atom stereocenters. The Labute approximate surface area is 90.9 Å². The first kappa shape index (κ1) is 12.2. The molecule has 1 N–H and O–H groups in total. The van der Waals surface area contributed by atoms with Gasteiger partial charge in [0.25, 0.3) is 0 Å². The monoisotopic (exact) mass is 210 g/mol. The molecule has 15 heavy (non-hydrogen) atoms. The van der Waals surface area contributed by atoms with E-state index in [1.165, 1.54) is 12.1 Å². The van der Waals surface area contributed by atoms with Gasteiger partial charge in [0.2, 0.25) is 0 Å². The smallest absolute Gasteiger partial charge is 0.123 e. The maximum absolute atomic E-state index is 12.7. The molecule has 0 heterocycles. The molecule has 0 aliphatic carbocycles. The van der Waals surface area contributed by atoms with Crippen LogP contribution >= 0.6 is 0 Å². The zero-order chi connectivity index (χ0) is 11.3. The van der Waals surface area contributed by atoms with Crippen LogP contribution in [0.1, 0.15) is 38.7 Å². The maximum atomic E-state index is 12.7. The van der Waals surface area contributed by atoms with E-state index in [0.29, 0.717) is 6.42 Å². The third-order valence-corrected chi connectivity index (χ3v) is 2.57. The standard InChI is InChI=1S/C13H19FO/c1-3-4-9-13(2,15)10-11-5-7-12(14)8-6-11/h5-8,15H,3-4,9-10H2,1-2H3. The Morgan fingerprint density at radius 1 is 1.27 bits per heavy atom. The molecule has 1 atom stereocenters. The summed E-state index contributed by atoms with van der Waals surface area (Å²) in [6, 6.07) is 6.34. The highest BCUT2D eigenvalue weighted by molar-refractivity contribution is 5.17. The van der Waals surface area contributed by atoms with E-state index in [-0.39, 0.29) is 5.82 Å². The largest absolute Gasteiger partial charge is 0.390 e. The molecule has 0 fully saturated rings. The van der Waals surface area contributed by atoms with Gasteiger partial charge >= 0.3 is 0 Å². The summed E-state index contributed by atoms with van der Waals surface area (Å²) in [7, 11) is 0. The zero-order valence-corrected chi connectivity index (χ0v) is 9.46. The van der Waals surface area contributed by atoms with Crippen molar-refractivity contribution in [2.24, 2.45) is 0 Å². The van der Waals surface area contributed by atoms with E-state index in [2.05, 4.69) is 6.92 Å². The van der Waals surface area contributed by atoms with Crippen LogP contribution in [0.25, 0.3) is 0 Å². The number of hydrogen-bond acceptors (Lipinski definition) is 1. The summed E-state index contributed by atoms with van der Waals surface area (Å²) in [6.45, 7) is 3.94. The van der Waals surface area contributed by atoms with Crippen molar-refractivity contribution in [2.75, 3.05) is 0 Å². The molecule has 0 saturated carbocycles. The Balaban J connectivity index is 2.56. The van der Waals surface area contributed by atoms with Crippen LogP contribution in [0.15, 0.2) is 24.3 Å². The second kappa shape index (κ2) is 5.26. The second-order valence-corrected chi connectivity index (χ2v) is 4.40. The van der Waals surface area contributed by atoms with Gasteiger partial charge in [0.15, 0.2) is 0 Å². The molecule has 0 saturated heterocycles. The van der Waals surface area contributed by atoms with Crippen molar-refractivity contribution < 1.29 is 9.50 Å². The van der Waals surface area contributed by atoms with Gasteiger partial charge < -0.3 is 5.11 Å². The molecular formula is C13H19FO. The van der Waals surface area contributed by atoms with E-state index < -0.39 is 5.60 Å². The predicted octanol–water partition coefficient (Wildman–Crippen LogP) is 3.31. The Morgan fingerprint density at radius 2 is 1.87 bits per heavy atom. The topological polar surface area (TPSA) is 20.2 Å². The minimum atomic E-state index is -0.673. The average Bonchev–Trinajstić information content (AvgIpc) is 2.18. The molecule has 0 bridgehead atoms. The van der Waals surface area contributed by atoms with Gasteiger partial charge in [-0.15, -0.1) is 0 Å². The molecular weight excluding hydrogens is 191 g/mol. The van der Waals surface area contributed by atoms with E-state index in [1.807, 2.05) is 6.92 Å². The Hall–Kier alpha value is -0.890. The quantitative estimate of drug-likeness (QED) is 0.790. The molecule has 2 heteroatoms. The summed E-state index contributed by atoms with van der Waals surface area (Å²) >= 11 is 0. The molecule has 1 aromatic rings. The average molecular weight is 210 g/mol. The van der Waals surface area contributed by atoms with Gasteiger partial charge in [-0.2, -0.15) is 0 Å². The zero-order valence-electron chi connectivity index (χ0n) is 9.46. The number of benzene rings is 1. The molecule has 0 radical (unpaired) electrons. The number of halogens is 1. The maximum Gasteiger partial charge on any atom is 0.123 e. The second-order valence-electron chi connectivity index (χ2n) is 4.40. The SMILES string of the molecule is CCCCC(C)(O)Cc1ccc(F)cc1. The lowest BCUT2D eigenvalue weighted by Crippen LogP contribution is -2.26. The number of rotatable bonds is 5. The number of hydrogen-bond donors (Lipinski definition) is 1. The summed E-state index contributed by atoms with van der Waals surface area (Å²) in [5, 5.41) is 10.1. The van der Waals surface area contributed by atoms with Crippen molar-refractivity contribution in [3.8, 4) is 0 Å². The minimum Gasteiger partial charge on any atom is -0.390 e. The van der Waals surface area contributed by atoms with Crippen LogP contribution in [-0.2, 0) is 6.42 Å². The molecule has 1 aromatic carbocycles. The van der Waals surface area contributed by atoms with E-state index in [9.17, 15) is 9.50 Å². The number of aliphatic hydroxyl groups is 1. The molecule has 84 valence electrons. The van der Waals surface area contributed by atoms with Crippen LogP contribution in [0.3, 0.4) is 0 Å². The lowest BCUT2D eigenvalue weighted by atomic mass is 9.91. The molecule has 1 nitrogen and oxygen atoms in total. The van der Waals surface area contributed by atoms with Crippen LogP contribution < -0.4 is 0 Å². The third-order valence-electron chi connectivity index (χ3n) is 2.57. The first-order valence-electron chi connectivity index (χ1n) is 5.50. The highest BCUT2D eigenvalue weighted by atomic mass is 19.1. The van der Waals surface area contributed by atoms with Gasteiger partial charge in [0.05, 0.1) is 5.60 Å². The minimum absolute atomic E-state index is 0.230. The van der Waals surface area contributed by atoms with Crippen LogP contribution in [0, 0.1) is 5.82 Å². The highest BCUT2D eigenvalue weighted by Crippen LogP contribution is 2.19. The van der Waals surface area contributed by atoms with Crippen LogP contribution in [0.4, 0.5) is 4.39 Å². The van der Waals surface area contributed by atoms with Crippen molar-refractivity contribution in [3.05, 3.63) is 35.6 Å². The van der Waals surface area contributed by atoms with E-state index in [1.54, 1.807) is 12.1 Å².